The van der Waals surface area contributed by atoms with E-state index in [2.05, 4.69) is 29.7 Å². The molecule has 28 heavy (non-hydrogen) atoms. The number of fused-ring (bicyclic) bond motifs is 4. The Labute approximate surface area is 168 Å². The lowest BCUT2D eigenvalue weighted by atomic mass is 9.59. The SMILES string of the molecule is CCOC(=O)c1ccc2c(c1)[C@]1(C)CCN(C(=O)N3CCCCC3)[C@H](C2)[C@H]1C. The van der Waals surface area contributed by atoms with Crippen molar-refractivity contribution in [2.24, 2.45) is 5.92 Å². The number of esters is 1. The number of hydrogen-bond acceptors (Lipinski definition) is 3. The molecule has 0 unspecified atom stereocenters. The van der Waals surface area contributed by atoms with Crippen LogP contribution in [0.5, 0.6) is 0 Å². The average Bonchev–Trinajstić information content (AvgIpc) is 2.71. The third kappa shape index (κ3) is 3.09. The van der Waals surface area contributed by atoms with Crippen LogP contribution in [0.15, 0.2) is 18.2 Å². The number of ether oxygens (including phenoxy) is 1. The maximum Gasteiger partial charge on any atom is 0.338 e. The van der Waals surface area contributed by atoms with E-state index in [4.69, 9.17) is 4.74 Å². The van der Waals surface area contributed by atoms with Gasteiger partial charge in [0.15, 0.2) is 0 Å². The monoisotopic (exact) mass is 384 g/mol. The van der Waals surface area contributed by atoms with Gasteiger partial charge < -0.3 is 14.5 Å². The molecule has 152 valence electrons. The van der Waals surface area contributed by atoms with E-state index in [9.17, 15) is 9.59 Å². The number of rotatable bonds is 2. The van der Waals surface area contributed by atoms with Gasteiger partial charge in [0, 0.05) is 25.7 Å². The molecule has 2 fully saturated rings. The zero-order valence-corrected chi connectivity index (χ0v) is 17.4. The lowest BCUT2D eigenvalue weighted by molar-refractivity contribution is 0.0384. The molecule has 4 rings (SSSR count). The second-order valence-electron chi connectivity index (χ2n) is 8.84. The molecule has 3 atom stereocenters. The molecular formula is C23H32N2O3. The van der Waals surface area contributed by atoms with Crippen molar-refractivity contribution in [3.05, 3.63) is 34.9 Å². The number of urea groups is 1. The average molecular weight is 385 g/mol. The zero-order valence-electron chi connectivity index (χ0n) is 17.4. The van der Waals surface area contributed by atoms with E-state index in [-0.39, 0.29) is 23.5 Å². The molecule has 2 heterocycles. The van der Waals surface area contributed by atoms with E-state index >= 15 is 0 Å². The maximum atomic E-state index is 13.2. The summed E-state index contributed by atoms with van der Waals surface area (Å²) in [6.45, 7) is 9.39. The van der Waals surface area contributed by atoms with E-state index in [1.165, 1.54) is 17.5 Å². The number of piperidine rings is 2. The molecule has 5 nitrogen and oxygen atoms in total. The van der Waals surface area contributed by atoms with Crippen molar-refractivity contribution in [1.29, 1.82) is 0 Å². The summed E-state index contributed by atoms with van der Waals surface area (Å²) in [6.07, 6.45) is 5.28. The van der Waals surface area contributed by atoms with Crippen LogP contribution in [-0.2, 0) is 16.6 Å². The predicted octanol–water partition coefficient (Wildman–Crippen LogP) is 3.99. The minimum absolute atomic E-state index is 0.0145. The second-order valence-corrected chi connectivity index (χ2v) is 8.84. The van der Waals surface area contributed by atoms with Gasteiger partial charge in [-0.05, 0) is 73.6 Å². The summed E-state index contributed by atoms with van der Waals surface area (Å²) in [5, 5.41) is 0. The molecule has 0 saturated carbocycles. The highest BCUT2D eigenvalue weighted by atomic mass is 16.5. The van der Waals surface area contributed by atoms with E-state index in [1.807, 2.05) is 19.1 Å². The van der Waals surface area contributed by atoms with E-state index in [0.717, 1.165) is 45.3 Å². The van der Waals surface area contributed by atoms with Gasteiger partial charge in [-0.2, -0.15) is 0 Å². The van der Waals surface area contributed by atoms with Gasteiger partial charge in [0.2, 0.25) is 0 Å². The third-order valence-electron chi connectivity index (χ3n) is 7.39. The van der Waals surface area contributed by atoms with Crippen molar-refractivity contribution in [3.8, 4) is 0 Å². The number of benzene rings is 1. The standard InChI is InChI=1S/C23H32N2O3/c1-4-28-21(26)18-9-8-17-15-20-16(2)23(3,19(17)14-18)10-13-25(20)22(27)24-11-6-5-7-12-24/h8-9,14,16,20H,4-7,10-13,15H2,1-3H3/t16-,20-,23-/m1/s1. The molecule has 0 N–H and O–H groups in total. The number of carbonyl (C=O) groups is 2. The number of likely N-dealkylation sites (tertiary alicyclic amines) is 2. The van der Waals surface area contributed by atoms with Gasteiger partial charge in [-0.1, -0.05) is 19.9 Å². The molecule has 5 heteroatoms. The number of carbonyl (C=O) groups excluding carboxylic acids is 2. The van der Waals surface area contributed by atoms with Gasteiger partial charge in [0.25, 0.3) is 0 Å². The first-order chi connectivity index (χ1) is 13.5. The highest BCUT2D eigenvalue weighted by molar-refractivity contribution is 5.90. The van der Waals surface area contributed by atoms with Gasteiger partial charge in [-0.3, -0.25) is 0 Å². The van der Waals surface area contributed by atoms with Gasteiger partial charge >= 0.3 is 12.0 Å². The Morgan fingerprint density at radius 1 is 1.18 bits per heavy atom. The first-order valence-corrected chi connectivity index (χ1v) is 10.8. The lowest BCUT2D eigenvalue weighted by Gasteiger charge is -2.55. The summed E-state index contributed by atoms with van der Waals surface area (Å²) in [5.74, 6) is 0.112. The second kappa shape index (κ2) is 7.41. The minimum atomic E-state index is -0.249. The zero-order chi connectivity index (χ0) is 19.9. The van der Waals surface area contributed by atoms with Crippen LogP contribution in [0.3, 0.4) is 0 Å². The molecule has 0 aromatic heterocycles. The normalized spacial score (nSPS) is 29.2. The summed E-state index contributed by atoms with van der Waals surface area (Å²) >= 11 is 0. The Bertz CT molecular complexity index is 771. The summed E-state index contributed by atoms with van der Waals surface area (Å²) in [6, 6.07) is 6.46. The third-order valence-corrected chi connectivity index (χ3v) is 7.39. The van der Waals surface area contributed by atoms with Crippen LogP contribution in [0.25, 0.3) is 0 Å². The quantitative estimate of drug-likeness (QED) is 0.725. The van der Waals surface area contributed by atoms with Crippen LogP contribution in [0, 0.1) is 5.92 Å². The Kier molecular flexibility index (Phi) is 5.11. The van der Waals surface area contributed by atoms with Crippen molar-refractivity contribution in [1.82, 2.24) is 9.80 Å². The van der Waals surface area contributed by atoms with Crippen molar-refractivity contribution in [2.75, 3.05) is 26.2 Å². The molecule has 2 saturated heterocycles. The molecule has 2 amide bonds. The van der Waals surface area contributed by atoms with Crippen LogP contribution in [-0.4, -0.2) is 54.1 Å². The summed E-state index contributed by atoms with van der Waals surface area (Å²) in [7, 11) is 0. The molecule has 1 aliphatic carbocycles. The summed E-state index contributed by atoms with van der Waals surface area (Å²) in [4.78, 5) is 29.6. The molecule has 1 aromatic carbocycles. The lowest BCUT2D eigenvalue weighted by Crippen LogP contribution is -2.62. The van der Waals surface area contributed by atoms with Crippen molar-refractivity contribution in [3.63, 3.8) is 0 Å². The first-order valence-electron chi connectivity index (χ1n) is 10.8. The minimum Gasteiger partial charge on any atom is -0.462 e. The highest BCUT2D eigenvalue weighted by Gasteiger charge is 2.50. The smallest absolute Gasteiger partial charge is 0.338 e. The Morgan fingerprint density at radius 2 is 1.93 bits per heavy atom. The topological polar surface area (TPSA) is 49.9 Å². The van der Waals surface area contributed by atoms with Crippen molar-refractivity contribution in [2.45, 2.75) is 64.3 Å². The fourth-order valence-electron chi connectivity index (χ4n) is 5.46. The van der Waals surface area contributed by atoms with Crippen molar-refractivity contribution >= 4 is 12.0 Å². The van der Waals surface area contributed by atoms with Crippen LogP contribution in [0.4, 0.5) is 4.79 Å². The van der Waals surface area contributed by atoms with E-state index in [1.54, 1.807) is 0 Å². The fourth-order valence-corrected chi connectivity index (χ4v) is 5.46. The van der Waals surface area contributed by atoms with Crippen LogP contribution in [0.2, 0.25) is 0 Å². The first kappa shape index (κ1) is 19.3. The fraction of sp³-hybridized carbons (Fsp3) is 0.652. The summed E-state index contributed by atoms with van der Waals surface area (Å²) < 4.78 is 5.20. The predicted molar refractivity (Wildman–Crippen MR) is 109 cm³/mol. The summed E-state index contributed by atoms with van der Waals surface area (Å²) in [5.41, 5.74) is 3.17. The van der Waals surface area contributed by atoms with E-state index < -0.39 is 0 Å². The molecule has 0 radical (unpaired) electrons. The molecule has 2 bridgehead atoms. The van der Waals surface area contributed by atoms with Crippen LogP contribution < -0.4 is 0 Å². The molecule has 2 aliphatic heterocycles. The van der Waals surface area contributed by atoms with Crippen LogP contribution >= 0.6 is 0 Å². The largest absolute Gasteiger partial charge is 0.462 e. The van der Waals surface area contributed by atoms with Gasteiger partial charge in [-0.15, -0.1) is 0 Å². The van der Waals surface area contributed by atoms with Gasteiger partial charge in [0.1, 0.15) is 0 Å². The molecule has 3 aliphatic rings. The van der Waals surface area contributed by atoms with Gasteiger partial charge in [-0.25, -0.2) is 9.59 Å². The van der Waals surface area contributed by atoms with E-state index in [0.29, 0.717) is 18.1 Å². The van der Waals surface area contributed by atoms with Crippen LogP contribution in [0.1, 0.15) is 67.9 Å². The molecule has 1 aromatic rings. The highest BCUT2D eigenvalue weighted by Crippen LogP contribution is 2.49. The molecule has 0 spiro atoms. The number of nitrogens with zero attached hydrogens (tertiary/aromatic N) is 2. The maximum absolute atomic E-state index is 13.2. The van der Waals surface area contributed by atoms with Gasteiger partial charge in [0.05, 0.1) is 12.2 Å². The Hall–Kier alpha value is -2.04. The number of amides is 2. The molecular weight excluding hydrogens is 352 g/mol. The van der Waals surface area contributed by atoms with Crippen molar-refractivity contribution < 1.29 is 14.3 Å². The number of hydrogen-bond donors (Lipinski definition) is 0. The Balaban J connectivity index is 1.62. The Morgan fingerprint density at radius 3 is 2.64 bits per heavy atom.